The molecule has 3 rings (SSSR count). The summed E-state index contributed by atoms with van der Waals surface area (Å²) >= 11 is 6.83. The van der Waals surface area contributed by atoms with Crippen molar-refractivity contribution in [2.45, 2.75) is 25.4 Å². The highest BCUT2D eigenvalue weighted by molar-refractivity contribution is 9.11. The minimum atomic E-state index is 0.260. The Morgan fingerprint density at radius 3 is 2.95 bits per heavy atom. The van der Waals surface area contributed by atoms with Crippen molar-refractivity contribution in [2.24, 2.45) is 0 Å². The van der Waals surface area contributed by atoms with E-state index in [0.29, 0.717) is 11.8 Å². The van der Waals surface area contributed by atoms with E-state index < -0.39 is 0 Å². The third-order valence-corrected chi connectivity index (χ3v) is 3.88. The Labute approximate surface area is 127 Å². The number of nitrogens with zero attached hydrogens (tertiary/aromatic N) is 1. The van der Waals surface area contributed by atoms with Gasteiger partial charge < -0.3 is 14.5 Å². The van der Waals surface area contributed by atoms with Crippen molar-refractivity contribution in [3.8, 4) is 11.8 Å². The maximum Gasteiger partial charge on any atom is 0.399 e. The van der Waals surface area contributed by atoms with Crippen molar-refractivity contribution in [1.82, 2.24) is 10.3 Å². The number of ether oxygens (including phenoxy) is 1. The minimum absolute atomic E-state index is 0.260. The summed E-state index contributed by atoms with van der Waals surface area (Å²) in [5, 5.41) is 3.38. The van der Waals surface area contributed by atoms with Crippen LogP contribution in [0.5, 0.6) is 11.8 Å². The van der Waals surface area contributed by atoms with Gasteiger partial charge in [0.15, 0.2) is 0 Å². The largest absolute Gasteiger partial charge is 0.417 e. The molecule has 1 N–H and O–H groups in total. The molecule has 0 bridgehead atoms. The second-order valence-corrected chi connectivity index (χ2v) is 6.21. The van der Waals surface area contributed by atoms with Crippen molar-refractivity contribution in [3.05, 3.63) is 39.1 Å². The van der Waals surface area contributed by atoms with Crippen LogP contribution in [0.3, 0.4) is 0 Å². The molecule has 1 aliphatic rings. The quantitative estimate of drug-likeness (QED) is 0.833. The van der Waals surface area contributed by atoms with Crippen molar-refractivity contribution in [2.75, 3.05) is 0 Å². The highest BCUT2D eigenvalue weighted by atomic mass is 79.9. The number of benzene rings is 1. The first-order valence-corrected chi connectivity index (χ1v) is 7.60. The summed E-state index contributed by atoms with van der Waals surface area (Å²) in [5.41, 5.74) is 0.857. The van der Waals surface area contributed by atoms with Crippen LogP contribution < -0.4 is 10.1 Å². The normalized spacial score (nSPS) is 14.6. The predicted octanol–water partition coefficient (Wildman–Crippen LogP) is 4.24. The molecule has 4 nitrogen and oxygen atoms in total. The van der Waals surface area contributed by atoms with Crippen LogP contribution in [0.2, 0.25) is 0 Å². The van der Waals surface area contributed by atoms with Crippen LogP contribution >= 0.6 is 31.9 Å². The summed E-state index contributed by atoms with van der Waals surface area (Å²) in [6.45, 7) is 0.721. The Hall–Kier alpha value is -0.850. The van der Waals surface area contributed by atoms with Gasteiger partial charge in [-0.15, -0.1) is 0 Å². The summed E-state index contributed by atoms with van der Waals surface area (Å²) < 4.78 is 12.7. The van der Waals surface area contributed by atoms with Gasteiger partial charge in [0, 0.05) is 17.1 Å². The first-order valence-electron chi connectivity index (χ1n) is 6.01. The van der Waals surface area contributed by atoms with E-state index in [4.69, 9.17) is 9.15 Å². The summed E-state index contributed by atoms with van der Waals surface area (Å²) in [5.74, 6) is 0.673. The third kappa shape index (κ3) is 3.58. The van der Waals surface area contributed by atoms with E-state index in [1.54, 1.807) is 6.26 Å². The van der Waals surface area contributed by atoms with E-state index in [9.17, 15) is 0 Å². The van der Waals surface area contributed by atoms with Crippen molar-refractivity contribution in [1.29, 1.82) is 0 Å². The fraction of sp³-hybridized carbons (Fsp3) is 0.308. The van der Waals surface area contributed by atoms with Crippen LogP contribution in [0.15, 0.2) is 37.8 Å². The average molecular weight is 388 g/mol. The highest BCUT2D eigenvalue weighted by Gasteiger charge is 2.20. The van der Waals surface area contributed by atoms with Gasteiger partial charge >= 0.3 is 6.08 Å². The van der Waals surface area contributed by atoms with Crippen molar-refractivity contribution < 1.29 is 9.15 Å². The zero-order chi connectivity index (χ0) is 13.2. The van der Waals surface area contributed by atoms with Crippen LogP contribution in [-0.2, 0) is 6.54 Å². The molecule has 100 valence electrons. The fourth-order valence-corrected chi connectivity index (χ4v) is 2.73. The Morgan fingerprint density at radius 1 is 1.37 bits per heavy atom. The van der Waals surface area contributed by atoms with Gasteiger partial charge in [0.25, 0.3) is 0 Å². The van der Waals surface area contributed by atoms with Gasteiger partial charge in [-0.3, -0.25) is 0 Å². The molecule has 0 aliphatic heterocycles. The first-order chi connectivity index (χ1) is 9.20. The van der Waals surface area contributed by atoms with Gasteiger partial charge in [-0.25, -0.2) is 0 Å². The summed E-state index contributed by atoms with van der Waals surface area (Å²) in [6, 6.07) is 6.31. The maximum atomic E-state index is 5.59. The molecule has 0 spiro atoms. The topological polar surface area (TPSA) is 47.3 Å². The number of hydrogen-bond donors (Lipinski definition) is 1. The molecule has 0 radical (unpaired) electrons. The molecule has 19 heavy (non-hydrogen) atoms. The fourth-order valence-electron chi connectivity index (χ4n) is 1.60. The molecule has 1 aromatic heterocycles. The highest BCUT2D eigenvalue weighted by Crippen LogP contribution is 2.31. The molecule has 1 heterocycles. The van der Waals surface area contributed by atoms with Gasteiger partial charge in [-0.2, -0.15) is 4.98 Å². The molecule has 0 atom stereocenters. The van der Waals surface area contributed by atoms with Crippen LogP contribution in [0, 0.1) is 0 Å². The summed E-state index contributed by atoms with van der Waals surface area (Å²) in [6.07, 6.45) is 4.40. The molecule has 1 fully saturated rings. The first kappa shape index (κ1) is 13.1. The SMILES string of the molecule is Brc1ccc(Oc2nc(CNC3CC3)co2)c(Br)c1. The van der Waals surface area contributed by atoms with E-state index in [0.717, 1.165) is 21.2 Å². The van der Waals surface area contributed by atoms with E-state index in [-0.39, 0.29) is 6.08 Å². The molecule has 0 amide bonds. The molecule has 1 aliphatic carbocycles. The van der Waals surface area contributed by atoms with Gasteiger partial charge in [-0.1, -0.05) is 15.9 Å². The predicted molar refractivity (Wildman–Crippen MR) is 78.3 cm³/mol. The van der Waals surface area contributed by atoms with E-state index in [1.165, 1.54) is 12.8 Å². The summed E-state index contributed by atoms with van der Waals surface area (Å²) in [4.78, 5) is 4.28. The van der Waals surface area contributed by atoms with Gasteiger partial charge in [-0.05, 0) is 47.0 Å². The van der Waals surface area contributed by atoms with Crippen LogP contribution in [0.4, 0.5) is 0 Å². The molecular weight excluding hydrogens is 376 g/mol. The van der Waals surface area contributed by atoms with Crippen LogP contribution in [0.25, 0.3) is 0 Å². The standard InChI is InChI=1S/C13H12Br2N2O2/c14-8-1-4-12(11(15)5-8)19-13-17-10(7-18-13)6-16-9-2-3-9/h1,4-5,7,9,16H,2-3,6H2. The number of halogens is 2. The second kappa shape index (κ2) is 5.64. The minimum Gasteiger partial charge on any atom is -0.417 e. The molecule has 1 aromatic carbocycles. The van der Waals surface area contributed by atoms with Crippen LogP contribution in [-0.4, -0.2) is 11.0 Å². The Bertz CT molecular complexity index is 582. The number of oxazole rings is 1. The average Bonchev–Trinajstić information content (AvgIpc) is 3.10. The number of hydrogen-bond acceptors (Lipinski definition) is 4. The van der Waals surface area contributed by atoms with Gasteiger partial charge in [0.05, 0.1) is 10.2 Å². The Balaban J connectivity index is 1.65. The number of rotatable bonds is 5. The molecule has 6 heteroatoms. The molecule has 2 aromatic rings. The lowest BCUT2D eigenvalue weighted by molar-refractivity contribution is 0.329. The molecule has 0 unspecified atom stereocenters. The van der Waals surface area contributed by atoms with E-state index in [2.05, 4.69) is 42.2 Å². The number of nitrogens with one attached hydrogen (secondary N) is 1. The molecule has 1 saturated carbocycles. The summed E-state index contributed by atoms with van der Waals surface area (Å²) in [7, 11) is 0. The zero-order valence-corrected chi connectivity index (χ0v) is 13.2. The smallest absolute Gasteiger partial charge is 0.399 e. The third-order valence-electron chi connectivity index (χ3n) is 2.77. The molecular formula is C13H12Br2N2O2. The second-order valence-electron chi connectivity index (χ2n) is 4.44. The van der Waals surface area contributed by atoms with Crippen LogP contribution in [0.1, 0.15) is 18.5 Å². The lowest BCUT2D eigenvalue weighted by atomic mass is 10.3. The van der Waals surface area contributed by atoms with Crippen molar-refractivity contribution in [3.63, 3.8) is 0 Å². The molecule has 0 saturated heterocycles. The van der Waals surface area contributed by atoms with Crippen molar-refractivity contribution >= 4 is 31.9 Å². The Kier molecular flexibility index (Phi) is 3.91. The lowest BCUT2D eigenvalue weighted by Gasteiger charge is -2.03. The van der Waals surface area contributed by atoms with E-state index >= 15 is 0 Å². The maximum absolute atomic E-state index is 5.59. The van der Waals surface area contributed by atoms with Gasteiger partial charge in [0.2, 0.25) is 0 Å². The van der Waals surface area contributed by atoms with Gasteiger partial charge in [0.1, 0.15) is 12.0 Å². The van der Waals surface area contributed by atoms with E-state index in [1.807, 2.05) is 18.2 Å². The lowest BCUT2D eigenvalue weighted by Crippen LogP contribution is -2.15. The monoisotopic (exact) mass is 386 g/mol. The number of aromatic nitrogens is 1. The zero-order valence-electron chi connectivity index (χ0n) is 10.0. The Morgan fingerprint density at radius 2 is 2.21 bits per heavy atom.